The molecule has 1 unspecified atom stereocenters. The molecule has 0 radical (unpaired) electrons. The second-order valence-electron chi connectivity index (χ2n) is 6.71. The number of hydrogen-bond acceptors (Lipinski definition) is 6. The Bertz CT molecular complexity index is 1170. The maximum absolute atomic E-state index is 13.1. The molecule has 1 amide bonds. The van der Waals surface area contributed by atoms with Gasteiger partial charge in [0.1, 0.15) is 23.3 Å². The molecule has 1 aromatic heterocycles. The first kappa shape index (κ1) is 21.0. The number of carbonyl (C=O) groups excluding carboxylic acids is 2. The highest BCUT2D eigenvalue weighted by atomic mass is 35.5. The number of halogens is 1. The Kier molecular flexibility index (Phi) is 5.71. The van der Waals surface area contributed by atoms with Crippen molar-refractivity contribution in [3.63, 3.8) is 0 Å². The van der Waals surface area contributed by atoms with Crippen LogP contribution in [-0.2, 0) is 9.59 Å². The Morgan fingerprint density at radius 1 is 1.03 bits per heavy atom. The van der Waals surface area contributed by atoms with Gasteiger partial charge in [0.15, 0.2) is 0 Å². The predicted octanol–water partition coefficient (Wildman–Crippen LogP) is 5.05. The summed E-state index contributed by atoms with van der Waals surface area (Å²) in [6.45, 7) is 0. The fraction of sp³-hybridized carbons (Fsp3) is 0.130. The molecule has 0 spiro atoms. The van der Waals surface area contributed by atoms with Crippen LogP contribution in [0.2, 0.25) is 5.02 Å². The lowest BCUT2D eigenvalue weighted by molar-refractivity contribution is -0.132. The number of aliphatic hydroxyl groups excluding tert-OH is 1. The molecule has 8 heteroatoms. The number of hydrogen-bond donors (Lipinski definition) is 1. The van der Waals surface area contributed by atoms with Crippen molar-refractivity contribution in [3.8, 4) is 11.5 Å². The fourth-order valence-corrected chi connectivity index (χ4v) is 4.66. The number of thiophene rings is 1. The van der Waals surface area contributed by atoms with Gasteiger partial charge >= 0.3 is 0 Å². The van der Waals surface area contributed by atoms with Crippen LogP contribution < -0.4 is 14.4 Å². The van der Waals surface area contributed by atoms with Gasteiger partial charge in [0.2, 0.25) is 0 Å². The standard InChI is InChI=1S/C23H18ClNO5S/c1-29-16-12-17(30-2)15(24)11-14(16)21(26)19-20(18-9-6-10-31-18)25(23(28)22(19)27)13-7-4-3-5-8-13/h3-12,20,26H,1-2H3/b21-19-. The minimum absolute atomic E-state index is 0.0316. The summed E-state index contributed by atoms with van der Waals surface area (Å²) in [6.07, 6.45) is 0. The Balaban J connectivity index is 1.96. The van der Waals surface area contributed by atoms with Crippen LogP contribution in [0.3, 0.4) is 0 Å². The summed E-state index contributed by atoms with van der Waals surface area (Å²) in [4.78, 5) is 28.3. The van der Waals surface area contributed by atoms with E-state index in [0.717, 1.165) is 4.88 Å². The number of ketones is 1. The van der Waals surface area contributed by atoms with Gasteiger partial charge in [-0.2, -0.15) is 0 Å². The molecule has 1 aliphatic rings. The zero-order valence-corrected chi connectivity index (χ0v) is 18.2. The molecule has 1 fully saturated rings. The Morgan fingerprint density at radius 3 is 2.35 bits per heavy atom. The maximum Gasteiger partial charge on any atom is 0.300 e. The van der Waals surface area contributed by atoms with Crippen molar-refractivity contribution in [2.75, 3.05) is 19.1 Å². The van der Waals surface area contributed by atoms with Gasteiger partial charge in [-0.3, -0.25) is 14.5 Å². The molecule has 4 rings (SSSR count). The van der Waals surface area contributed by atoms with Crippen molar-refractivity contribution in [2.45, 2.75) is 6.04 Å². The highest BCUT2D eigenvalue weighted by Crippen LogP contribution is 2.45. The third-order valence-electron chi connectivity index (χ3n) is 5.02. The highest BCUT2D eigenvalue weighted by molar-refractivity contribution is 7.10. The molecule has 2 aromatic carbocycles. The number of methoxy groups -OCH3 is 2. The van der Waals surface area contributed by atoms with Crippen LogP contribution in [0.15, 0.2) is 65.6 Å². The molecule has 1 saturated heterocycles. The first-order valence-corrected chi connectivity index (χ1v) is 10.5. The number of amides is 1. The lowest BCUT2D eigenvalue weighted by atomic mass is 9.99. The van der Waals surface area contributed by atoms with Crippen molar-refractivity contribution in [3.05, 3.63) is 81.0 Å². The van der Waals surface area contributed by atoms with E-state index in [4.69, 9.17) is 21.1 Å². The van der Waals surface area contributed by atoms with E-state index in [9.17, 15) is 14.7 Å². The number of benzene rings is 2. The number of carbonyl (C=O) groups is 2. The van der Waals surface area contributed by atoms with E-state index in [0.29, 0.717) is 11.4 Å². The quantitative estimate of drug-likeness (QED) is 0.331. The molecule has 3 aromatic rings. The Labute approximate surface area is 187 Å². The molecule has 0 bridgehead atoms. The summed E-state index contributed by atoms with van der Waals surface area (Å²) in [6, 6.07) is 14.7. The first-order valence-electron chi connectivity index (χ1n) is 9.29. The van der Waals surface area contributed by atoms with Crippen molar-refractivity contribution < 1.29 is 24.2 Å². The molecule has 6 nitrogen and oxygen atoms in total. The van der Waals surface area contributed by atoms with E-state index in [1.165, 1.54) is 42.6 Å². The van der Waals surface area contributed by atoms with Crippen LogP contribution in [0.1, 0.15) is 16.5 Å². The smallest absolute Gasteiger partial charge is 0.300 e. The molecule has 0 aliphatic carbocycles. The normalized spacial score (nSPS) is 17.8. The lowest BCUT2D eigenvalue weighted by Crippen LogP contribution is -2.29. The van der Waals surface area contributed by atoms with Gasteiger partial charge in [-0.05, 0) is 29.6 Å². The molecule has 1 aliphatic heterocycles. The maximum atomic E-state index is 13.1. The van der Waals surface area contributed by atoms with Gasteiger partial charge in [-0.1, -0.05) is 35.9 Å². The summed E-state index contributed by atoms with van der Waals surface area (Å²) in [7, 11) is 2.89. The molecular formula is C23H18ClNO5S. The minimum Gasteiger partial charge on any atom is -0.507 e. The minimum atomic E-state index is -0.784. The molecule has 1 N–H and O–H groups in total. The van der Waals surface area contributed by atoms with Crippen LogP contribution >= 0.6 is 22.9 Å². The number of aliphatic hydroxyl groups is 1. The third kappa shape index (κ3) is 3.56. The molecular weight excluding hydrogens is 438 g/mol. The summed E-state index contributed by atoms with van der Waals surface area (Å²) in [5.74, 6) is -1.25. The van der Waals surface area contributed by atoms with E-state index in [1.807, 2.05) is 23.6 Å². The first-order chi connectivity index (χ1) is 15.0. The average molecular weight is 456 g/mol. The zero-order valence-electron chi connectivity index (χ0n) is 16.7. The van der Waals surface area contributed by atoms with Crippen LogP contribution in [0.4, 0.5) is 5.69 Å². The average Bonchev–Trinajstić information content (AvgIpc) is 3.40. The van der Waals surface area contributed by atoms with Crippen LogP contribution in [0.5, 0.6) is 11.5 Å². The van der Waals surface area contributed by atoms with Gasteiger partial charge in [0, 0.05) is 16.6 Å². The van der Waals surface area contributed by atoms with Crippen molar-refractivity contribution in [1.29, 1.82) is 0 Å². The number of Topliss-reactive ketones (excluding diaryl/α,β-unsaturated/α-hetero) is 1. The van der Waals surface area contributed by atoms with E-state index >= 15 is 0 Å². The topological polar surface area (TPSA) is 76.1 Å². The van der Waals surface area contributed by atoms with Gasteiger partial charge in [0.25, 0.3) is 11.7 Å². The highest BCUT2D eigenvalue weighted by Gasteiger charge is 2.47. The SMILES string of the molecule is COc1cc(OC)c(/C(O)=C2/C(=O)C(=O)N(c3ccccc3)C2c2cccs2)cc1Cl. The number of ether oxygens (including phenoxy) is 2. The van der Waals surface area contributed by atoms with Gasteiger partial charge in [-0.15, -0.1) is 11.3 Å². The van der Waals surface area contributed by atoms with Crippen molar-refractivity contribution >= 4 is 46.1 Å². The summed E-state index contributed by atoms with van der Waals surface area (Å²) < 4.78 is 10.6. The van der Waals surface area contributed by atoms with E-state index in [1.54, 1.807) is 24.3 Å². The number of rotatable bonds is 5. The second-order valence-corrected chi connectivity index (χ2v) is 8.09. The van der Waals surface area contributed by atoms with E-state index < -0.39 is 17.7 Å². The van der Waals surface area contributed by atoms with Gasteiger partial charge in [0.05, 0.1) is 30.4 Å². The summed E-state index contributed by atoms with van der Waals surface area (Å²) >= 11 is 7.65. The zero-order chi connectivity index (χ0) is 22.1. The predicted molar refractivity (Wildman–Crippen MR) is 120 cm³/mol. The number of anilines is 1. The molecule has 31 heavy (non-hydrogen) atoms. The lowest BCUT2D eigenvalue weighted by Gasteiger charge is -2.24. The molecule has 1 atom stereocenters. The van der Waals surface area contributed by atoms with Crippen molar-refractivity contribution in [2.24, 2.45) is 0 Å². The molecule has 2 heterocycles. The van der Waals surface area contributed by atoms with E-state index in [-0.39, 0.29) is 27.7 Å². The third-order valence-corrected chi connectivity index (χ3v) is 6.24. The molecule has 158 valence electrons. The summed E-state index contributed by atoms with van der Waals surface area (Å²) in [5, 5.41) is 13.3. The Morgan fingerprint density at radius 2 is 1.74 bits per heavy atom. The van der Waals surface area contributed by atoms with E-state index in [2.05, 4.69) is 0 Å². The number of para-hydroxylation sites is 1. The van der Waals surface area contributed by atoms with Crippen LogP contribution in [-0.4, -0.2) is 31.0 Å². The van der Waals surface area contributed by atoms with Gasteiger partial charge in [-0.25, -0.2) is 0 Å². The molecule has 0 saturated carbocycles. The second kappa shape index (κ2) is 8.45. The Hall–Kier alpha value is -3.29. The largest absolute Gasteiger partial charge is 0.507 e. The summed E-state index contributed by atoms with van der Waals surface area (Å²) in [5.41, 5.74) is 0.721. The van der Waals surface area contributed by atoms with Crippen LogP contribution in [0, 0.1) is 0 Å². The fourth-order valence-electron chi connectivity index (χ4n) is 3.59. The van der Waals surface area contributed by atoms with Crippen LogP contribution in [0.25, 0.3) is 5.76 Å². The number of nitrogens with zero attached hydrogens (tertiary/aromatic N) is 1. The van der Waals surface area contributed by atoms with Gasteiger partial charge < -0.3 is 14.6 Å². The monoisotopic (exact) mass is 455 g/mol. The van der Waals surface area contributed by atoms with Crippen molar-refractivity contribution in [1.82, 2.24) is 0 Å².